The Bertz CT molecular complexity index is 25.2. The van der Waals surface area contributed by atoms with Crippen molar-refractivity contribution in [3.8, 4) is 0 Å². The molecule has 0 nitrogen and oxygen atoms in total. The van der Waals surface area contributed by atoms with Crippen LogP contribution in [0.2, 0.25) is 0 Å². The number of rotatable bonds is 0. The minimum atomic E-state index is -0.0156. The normalized spacial score (nSPS) is 36.8. The first-order valence-electron chi connectivity index (χ1n) is 0.953. The monoisotopic (exact) mass is 300 g/mol. The van der Waals surface area contributed by atoms with Crippen molar-refractivity contribution < 1.29 is 0 Å². The van der Waals surface area contributed by atoms with Crippen molar-refractivity contribution in [3.05, 3.63) is 0 Å². The average Bonchev–Trinajstić information content (AvgIpc) is 1.75. The molecule has 0 saturated carbocycles. The van der Waals surface area contributed by atoms with Crippen LogP contribution in [-0.2, 0) is 0 Å². The Morgan fingerprint density at radius 3 is 2.25 bits per heavy atom. The quantitative estimate of drug-likeness (QED) is 0.366. The molecule has 1 atom stereocenters. The van der Waals surface area contributed by atoms with Crippen LogP contribution in [0.3, 0.4) is 0 Å². The number of hydrogen-bond acceptors (Lipinski definition) is 0. The number of halogens is 2. The van der Waals surface area contributed by atoms with Crippen molar-refractivity contribution >= 4 is 40.1 Å². The molecule has 1 rings (SSSR count). The maximum absolute atomic E-state index is 2.62. The summed E-state index contributed by atoms with van der Waals surface area (Å²) >= 11 is 2.61. The van der Waals surface area contributed by atoms with E-state index >= 15 is 0 Å². The molecule has 0 radical (unpaired) electrons. The van der Waals surface area contributed by atoms with Gasteiger partial charge in [-0.05, 0) is 0 Å². The van der Waals surface area contributed by atoms with Crippen molar-refractivity contribution in [2.24, 2.45) is 0 Å². The zero-order valence-corrected chi connectivity index (χ0v) is 7.28. The van der Waals surface area contributed by atoms with E-state index in [2.05, 4.69) is 18.6 Å². The third-order valence-electron chi connectivity index (χ3n) is 0.235. The van der Waals surface area contributed by atoms with Crippen molar-refractivity contribution in [3.63, 3.8) is 0 Å². The van der Waals surface area contributed by atoms with E-state index in [4.69, 9.17) is 0 Å². The van der Waals surface area contributed by atoms with Crippen molar-refractivity contribution in [2.75, 3.05) is 4.17 Å². The molecule has 0 bridgehead atoms. The van der Waals surface area contributed by atoms with Crippen molar-refractivity contribution in [2.45, 2.75) is 0 Å². The molecule has 1 heterocycles. The van der Waals surface area contributed by atoms with Gasteiger partial charge in [0.05, 0.1) is 0 Å². The molecule has 3 heteroatoms. The Hall–Kier alpha value is 1.89. The third kappa shape index (κ3) is 1.36. The zero-order chi connectivity index (χ0) is 2.99. The number of alkyl halides is 1. The Kier molecular flexibility index (Phi) is 1.58. The molecule has 0 spiro atoms. The molecule has 1 fully saturated rings. The zero-order valence-electron chi connectivity index (χ0n) is 1.96. The van der Waals surface area contributed by atoms with Crippen LogP contribution in [0.25, 0.3) is 0 Å². The minimum absolute atomic E-state index is 0.0156. The van der Waals surface area contributed by atoms with Gasteiger partial charge in [0, 0.05) is 0 Å². The fraction of sp³-hybridized carbons (Fsp3) is 1.00. The average molecular weight is 300 g/mol. The summed E-state index contributed by atoms with van der Waals surface area (Å²) < 4.78 is 1.66. The van der Waals surface area contributed by atoms with Crippen LogP contribution in [0.4, 0.5) is 0 Å². The van der Waals surface area contributed by atoms with Gasteiger partial charge >= 0.3 is 44.3 Å². The van der Waals surface area contributed by atoms with Gasteiger partial charge in [0.1, 0.15) is 0 Å². The summed E-state index contributed by atoms with van der Waals surface area (Å²) in [4.78, 5) is 0. The summed E-state index contributed by atoms with van der Waals surface area (Å²) in [6.45, 7) is 0. The summed E-state index contributed by atoms with van der Waals surface area (Å²) in [6.07, 6.45) is 1.45. The molecule has 0 aromatic heterocycles. The maximum atomic E-state index is 2.62. The van der Waals surface area contributed by atoms with E-state index < -0.39 is 0 Å². The van der Waals surface area contributed by atoms with Crippen molar-refractivity contribution in [1.29, 1.82) is 0 Å². The Labute approximate surface area is 43.8 Å². The first kappa shape index (κ1) is 4.06. The van der Waals surface area contributed by atoms with Gasteiger partial charge in [0.25, 0.3) is 0 Å². The molecule has 1 unspecified atom stereocenters. The Balaban J connectivity index is 2.17. The molecule has 0 aromatic rings. The Morgan fingerprint density at radius 2 is 2.25 bits per heavy atom. The fourth-order valence-electron chi connectivity index (χ4n) is 0.0191. The summed E-state index contributed by atoms with van der Waals surface area (Å²) in [6, 6.07) is 0. The van der Waals surface area contributed by atoms with Crippen LogP contribution < -0.4 is 0 Å². The van der Waals surface area contributed by atoms with Crippen LogP contribution in [0.15, 0.2) is 0 Å². The van der Waals surface area contributed by atoms with Crippen LogP contribution in [0, 0.1) is 0 Å². The van der Waals surface area contributed by atoms with E-state index in [9.17, 15) is 0 Å². The second-order valence-electron chi connectivity index (χ2n) is 0.573. The molecule has 1 aliphatic heterocycles. The van der Waals surface area contributed by atoms with E-state index in [-0.39, 0.29) is 15.3 Å². The first-order chi connectivity index (χ1) is 1.89. The van der Waals surface area contributed by atoms with E-state index in [0.717, 1.165) is 0 Å². The van der Waals surface area contributed by atoms with Crippen LogP contribution >= 0.6 is 40.1 Å². The summed E-state index contributed by atoms with van der Waals surface area (Å²) in [7, 11) is 0. The second kappa shape index (κ2) is 1.56. The molecule has 1 aliphatic rings. The fourth-order valence-corrected chi connectivity index (χ4v) is 17.3. The van der Waals surface area contributed by atoms with Crippen molar-refractivity contribution in [1.82, 2.24) is 0 Å². The summed E-state index contributed by atoms with van der Waals surface area (Å²) in [5.41, 5.74) is 0. The molecule has 0 aliphatic carbocycles. The molecule has 1 saturated heterocycles. The van der Waals surface area contributed by atoms with Crippen LogP contribution in [0.5, 0.6) is 0 Å². The topological polar surface area (TPSA) is 0 Å². The summed E-state index contributed by atoms with van der Waals surface area (Å²) in [5, 5.41) is 0. The molecular weight excluding hydrogens is 297 g/mol. The first-order valence-corrected chi connectivity index (χ1v) is 13.1. The van der Waals surface area contributed by atoms with Crippen LogP contribution in [-0.4, -0.2) is 4.17 Å². The van der Waals surface area contributed by atoms with Gasteiger partial charge in [-0.2, -0.15) is 0 Å². The van der Waals surface area contributed by atoms with Crippen LogP contribution in [0.1, 0.15) is 0 Å². The second-order valence-corrected chi connectivity index (χ2v) is 22.3. The number of hydrogen-bond donors (Lipinski definition) is 0. The molecule has 26 valence electrons. The predicted octanol–water partition coefficient (Wildman–Crippen LogP) is 2.41. The predicted molar refractivity (Wildman–Crippen MR) is 41.2 cm³/mol. The molecular formula is CH3I2P. The van der Waals surface area contributed by atoms with Gasteiger partial charge < -0.3 is 0 Å². The SMILES string of the molecule is II1CP1. The molecule has 0 aromatic carbocycles. The van der Waals surface area contributed by atoms with Gasteiger partial charge in [0.2, 0.25) is 0 Å². The molecule has 4 heavy (non-hydrogen) atoms. The van der Waals surface area contributed by atoms with E-state index in [1.807, 2.05) is 0 Å². The van der Waals surface area contributed by atoms with Gasteiger partial charge in [-0.3, -0.25) is 0 Å². The molecule has 0 N–H and O–H groups in total. The van der Waals surface area contributed by atoms with Gasteiger partial charge in [0.15, 0.2) is 0 Å². The summed E-state index contributed by atoms with van der Waals surface area (Å²) in [5.74, 6) is 0. The molecule has 0 amide bonds. The van der Waals surface area contributed by atoms with E-state index in [1.165, 1.54) is 6.22 Å². The van der Waals surface area contributed by atoms with E-state index in [1.54, 1.807) is 4.17 Å². The third-order valence-corrected chi connectivity index (χ3v) is 16.3. The van der Waals surface area contributed by atoms with Gasteiger partial charge in [-0.1, -0.05) is 0 Å². The standard InChI is InChI=1S/CH3I2P/c2-3-1-4-3/h4H,1H2. The van der Waals surface area contributed by atoms with Gasteiger partial charge in [-0.25, -0.2) is 0 Å². The Morgan fingerprint density at radius 1 is 2.00 bits per heavy atom. The van der Waals surface area contributed by atoms with E-state index in [0.29, 0.717) is 0 Å². The van der Waals surface area contributed by atoms with Gasteiger partial charge in [-0.15, -0.1) is 0 Å².